The van der Waals surface area contributed by atoms with Gasteiger partial charge in [-0.1, -0.05) is 178 Å². The highest BCUT2D eigenvalue weighted by Gasteiger charge is 2.30. The summed E-state index contributed by atoms with van der Waals surface area (Å²) in [5.41, 5.74) is 15.8. The van der Waals surface area contributed by atoms with Crippen molar-refractivity contribution in [1.29, 1.82) is 0 Å². The number of furan rings is 1. The summed E-state index contributed by atoms with van der Waals surface area (Å²) in [6, 6.07) is 60.2. The first-order valence-corrected chi connectivity index (χ1v) is 24.0. The number of hydrogen-bond acceptors (Lipinski definition) is 4. The average Bonchev–Trinajstić information content (AvgIpc) is 3.92. The van der Waals surface area contributed by atoms with E-state index in [0.29, 0.717) is 11.4 Å². The van der Waals surface area contributed by atoms with Crippen LogP contribution in [-0.2, 0) is 16.2 Å². The van der Waals surface area contributed by atoms with Gasteiger partial charge in [0, 0.05) is 45.3 Å². The zero-order chi connectivity index (χ0) is 48.0. The smallest absolute Gasteiger partial charge is 0.149 e. The van der Waals surface area contributed by atoms with Crippen molar-refractivity contribution in [3.8, 4) is 67.5 Å². The molecule has 0 saturated carbocycles. The first-order valence-electron chi connectivity index (χ1n) is 24.0. The molecule has 0 aliphatic carbocycles. The Bertz CT molecular complexity index is 3780. The van der Waals surface area contributed by atoms with Gasteiger partial charge in [0.15, 0.2) is 0 Å². The highest BCUT2D eigenvalue weighted by atomic mass is 16.3. The van der Waals surface area contributed by atoms with E-state index in [1.807, 2.05) is 6.20 Å². The number of nitrogens with zero attached hydrogens (tertiary/aromatic N) is 3. The largest absolute Gasteiger partial charge is 0.507 e. The summed E-state index contributed by atoms with van der Waals surface area (Å²) in [5.74, 6) is 0.922. The third-order valence-corrected chi connectivity index (χ3v) is 13.8. The second-order valence-electron chi connectivity index (χ2n) is 21.7. The topological polar surface area (TPSA) is 64.1 Å². The lowest BCUT2D eigenvalue weighted by Gasteiger charge is -2.28. The van der Waals surface area contributed by atoms with Crippen molar-refractivity contribution in [2.75, 3.05) is 0 Å². The van der Waals surface area contributed by atoms with Gasteiger partial charge in [0.05, 0.1) is 28.0 Å². The van der Waals surface area contributed by atoms with Crippen LogP contribution >= 0.6 is 0 Å². The normalized spacial score (nSPS) is 12.5. The van der Waals surface area contributed by atoms with Crippen molar-refractivity contribution in [2.24, 2.45) is 0 Å². The molecule has 8 aromatic carbocycles. The maximum atomic E-state index is 12.6. The standard InChI is InChI=1S/C64H57N3O2/c1-62(2,3)45-28-29-54(49(34-45)40-21-14-11-15-22-40)67-55-26-18-25-48(59(55)66-61(67)50-35-46(63(4,5)6)36-52(60(50)68)64(7,8)9)43-31-42(39-19-12-10-13-20-39)32-44(33-43)53-37-57-51(38-65-53)58-47-24-17-16-23-41(47)27-30-56(58)69-57/h10-38,68H,1-9H3. The van der Waals surface area contributed by atoms with E-state index in [9.17, 15) is 5.11 Å². The summed E-state index contributed by atoms with van der Waals surface area (Å²) in [7, 11) is 0. The molecule has 0 bridgehead atoms. The van der Waals surface area contributed by atoms with E-state index in [-0.39, 0.29) is 22.0 Å². The quantitative estimate of drug-likeness (QED) is 0.181. The minimum absolute atomic E-state index is 0.0877. The van der Waals surface area contributed by atoms with Gasteiger partial charge in [0.1, 0.15) is 22.7 Å². The molecule has 0 fully saturated rings. The summed E-state index contributed by atoms with van der Waals surface area (Å²) >= 11 is 0. The lowest BCUT2D eigenvalue weighted by atomic mass is 9.79. The van der Waals surface area contributed by atoms with Crippen LogP contribution in [0.4, 0.5) is 0 Å². The lowest BCUT2D eigenvalue weighted by Crippen LogP contribution is -2.17. The molecule has 0 saturated heterocycles. The predicted molar refractivity (Wildman–Crippen MR) is 289 cm³/mol. The van der Waals surface area contributed by atoms with Crippen LogP contribution < -0.4 is 0 Å². The molecular formula is C64H57N3O2. The SMILES string of the molecule is CC(C)(C)c1ccc(-n2c(-c3cc(C(C)(C)C)cc(C(C)(C)C)c3O)nc3c(-c4cc(-c5ccccc5)cc(-c5cc6oc7ccc8ccccc8c7c6cn5)c4)cccc32)c(-c2ccccc2)c1. The van der Waals surface area contributed by atoms with Crippen molar-refractivity contribution < 1.29 is 9.52 Å². The molecule has 0 aliphatic heterocycles. The molecule has 5 nitrogen and oxygen atoms in total. The number of pyridine rings is 1. The van der Waals surface area contributed by atoms with E-state index in [1.165, 1.54) is 10.9 Å². The minimum atomic E-state index is -0.340. The zero-order valence-corrected chi connectivity index (χ0v) is 40.9. The Morgan fingerprint density at radius 2 is 1.14 bits per heavy atom. The fraction of sp³-hybridized carbons (Fsp3) is 0.188. The average molecular weight is 900 g/mol. The molecule has 11 rings (SSSR count). The molecule has 340 valence electrons. The summed E-state index contributed by atoms with van der Waals surface area (Å²) in [6.07, 6.45) is 1.96. The summed E-state index contributed by atoms with van der Waals surface area (Å²) in [6.45, 7) is 20.0. The van der Waals surface area contributed by atoms with Gasteiger partial charge in [-0.15, -0.1) is 0 Å². The van der Waals surface area contributed by atoms with E-state index in [1.54, 1.807) is 0 Å². The van der Waals surface area contributed by atoms with Gasteiger partial charge in [0.25, 0.3) is 0 Å². The molecule has 1 N–H and O–H groups in total. The number of benzene rings is 8. The monoisotopic (exact) mass is 899 g/mol. The molecule has 11 aromatic rings. The molecule has 0 aliphatic rings. The number of aromatic nitrogens is 3. The molecule has 5 heteroatoms. The molecule has 0 atom stereocenters. The van der Waals surface area contributed by atoms with Crippen LogP contribution in [0.3, 0.4) is 0 Å². The predicted octanol–water partition coefficient (Wildman–Crippen LogP) is 17.4. The van der Waals surface area contributed by atoms with Crippen molar-refractivity contribution in [1.82, 2.24) is 14.5 Å². The fourth-order valence-corrected chi connectivity index (χ4v) is 9.94. The van der Waals surface area contributed by atoms with E-state index >= 15 is 0 Å². The van der Waals surface area contributed by atoms with Crippen LogP contribution in [0.5, 0.6) is 5.75 Å². The first kappa shape index (κ1) is 43.8. The van der Waals surface area contributed by atoms with Gasteiger partial charge >= 0.3 is 0 Å². The Hall–Kier alpha value is -7.76. The Kier molecular flexibility index (Phi) is 10.3. The molecule has 0 unspecified atom stereocenters. The molecule has 69 heavy (non-hydrogen) atoms. The van der Waals surface area contributed by atoms with Crippen LogP contribution in [0.15, 0.2) is 180 Å². The Balaban J connectivity index is 1.20. The molecule has 3 heterocycles. The van der Waals surface area contributed by atoms with E-state index in [0.717, 1.165) is 99.8 Å². The van der Waals surface area contributed by atoms with Gasteiger partial charge < -0.3 is 9.52 Å². The number of imidazole rings is 1. The maximum absolute atomic E-state index is 12.6. The number of phenolic OH excluding ortho intramolecular Hbond substituents is 1. The number of hydrogen-bond donors (Lipinski definition) is 1. The second kappa shape index (κ2) is 16.2. The van der Waals surface area contributed by atoms with Crippen LogP contribution in [0.1, 0.15) is 79.0 Å². The Labute approximate surface area is 404 Å². The maximum Gasteiger partial charge on any atom is 0.149 e. The van der Waals surface area contributed by atoms with Crippen molar-refractivity contribution in [3.05, 3.63) is 193 Å². The second-order valence-corrected chi connectivity index (χ2v) is 21.7. The number of fused-ring (bicyclic) bond motifs is 6. The highest BCUT2D eigenvalue weighted by Crippen LogP contribution is 2.47. The van der Waals surface area contributed by atoms with Crippen LogP contribution in [0.2, 0.25) is 0 Å². The Morgan fingerprint density at radius 3 is 1.87 bits per heavy atom. The summed E-state index contributed by atoms with van der Waals surface area (Å²) in [4.78, 5) is 10.9. The number of rotatable bonds is 6. The highest BCUT2D eigenvalue weighted by molar-refractivity contribution is 6.18. The third-order valence-electron chi connectivity index (χ3n) is 13.8. The van der Waals surface area contributed by atoms with Crippen LogP contribution in [-0.4, -0.2) is 19.6 Å². The van der Waals surface area contributed by atoms with Gasteiger partial charge in [-0.05, 0) is 109 Å². The van der Waals surface area contributed by atoms with Crippen LogP contribution in [0, 0.1) is 0 Å². The number of phenols is 1. The van der Waals surface area contributed by atoms with Crippen molar-refractivity contribution in [3.63, 3.8) is 0 Å². The van der Waals surface area contributed by atoms with E-state index < -0.39 is 0 Å². The van der Waals surface area contributed by atoms with Gasteiger partial charge in [-0.25, -0.2) is 4.98 Å². The first-order chi connectivity index (χ1) is 33.0. The Morgan fingerprint density at radius 1 is 0.478 bits per heavy atom. The number of para-hydroxylation sites is 1. The third kappa shape index (κ3) is 7.76. The molecule has 0 radical (unpaired) electrons. The summed E-state index contributed by atoms with van der Waals surface area (Å²) < 4.78 is 8.85. The zero-order valence-electron chi connectivity index (χ0n) is 40.9. The molecular weight excluding hydrogens is 843 g/mol. The summed E-state index contributed by atoms with van der Waals surface area (Å²) in [5, 5.41) is 17.0. The van der Waals surface area contributed by atoms with Gasteiger partial charge in [-0.3, -0.25) is 9.55 Å². The molecule has 3 aromatic heterocycles. The molecule has 0 amide bonds. The lowest BCUT2D eigenvalue weighted by molar-refractivity contribution is 0.446. The molecule has 0 spiro atoms. The van der Waals surface area contributed by atoms with Crippen molar-refractivity contribution >= 4 is 43.7 Å². The number of aromatic hydroxyl groups is 1. The van der Waals surface area contributed by atoms with E-state index in [4.69, 9.17) is 14.4 Å². The minimum Gasteiger partial charge on any atom is -0.507 e. The van der Waals surface area contributed by atoms with Crippen molar-refractivity contribution in [2.45, 2.75) is 78.6 Å². The fourth-order valence-electron chi connectivity index (χ4n) is 9.94. The van der Waals surface area contributed by atoms with Gasteiger partial charge in [0.2, 0.25) is 0 Å². The van der Waals surface area contributed by atoms with E-state index in [2.05, 4.69) is 237 Å². The van der Waals surface area contributed by atoms with Crippen LogP contribution in [0.25, 0.3) is 105 Å². The van der Waals surface area contributed by atoms with Gasteiger partial charge in [-0.2, -0.15) is 0 Å².